The molecule has 74 valence electrons. The number of hydrogen-bond acceptors (Lipinski definition) is 3. The number of aliphatic hydroxyl groups is 2. The summed E-state index contributed by atoms with van der Waals surface area (Å²) in [6, 6.07) is 1.79. The van der Waals surface area contributed by atoms with Crippen LogP contribution in [0.4, 0.5) is 0 Å². The molecule has 1 heterocycles. The van der Waals surface area contributed by atoms with Gasteiger partial charge in [-0.3, -0.25) is 4.68 Å². The molecule has 4 heteroatoms. The fourth-order valence-corrected chi connectivity index (χ4v) is 1.18. The van der Waals surface area contributed by atoms with Crippen LogP contribution < -0.4 is 0 Å². The molecule has 4 nitrogen and oxygen atoms in total. The molecule has 1 aromatic rings. The standard InChI is InChI=1S/C9H16N2O2/c1-2-5-11-6-3-8(10-11)9(13)4-7-12/h3,6,9,12-13H,2,4-5,7H2,1H3. The molecule has 1 rings (SSSR count). The Kier molecular flexibility index (Phi) is 3.92. The van der Waals surface area contributed by atoms with E-state index in [0.717, 1.165) is 13.0 Å². The van der Waals surface area contributed by atoms with E-state index in [1.165, 1.54) is 0 Å². The lowest BCUT2D eigenvalue weighted by Gasteiger charge is -2.04. The van der Waals surface area contributed by atoms with Crippen LogP contribution in [0.3, 0.4) is 0 Å². The number of aryl methyl sites for hydroxylation is 1. The fourth-order valence-electron chi connectivity index (χ4n) is 1.18. The van der Waals surface area contributed by atoms with Crippen molar-refractivity contribution in [2.45, 2.75) is 32.4 Å². The zero-order valence-corrected chi connectivity index (χ0v) is 7.85. The highest BCUT2D eigenvalue weighted by atomic mass is 16.3. The molecule has 0 radical (unpaired) electrons. The van der Waals surface area contributed by atoms with E-state index < -0.39 is 6.10 Å². The van der Waals surface area contributed by atoms with Crippen LogP contribution in [0.25, 0.3) is 0 Å². The SMILES string of the molecule is CCCn1ccc(C(O)CCO)n1. The predicted octanol–water partition coefficient (Wildman–Crippen LogP) is 0.709. The van der Waals surface area contributed by atoms with Gasteiger partial charge in [0.1, 0.15) is 0 Å². The molecule has 0 aliphatic heterocycles. The van der Waals surface area contributed by atoms with Crippen molar-refractivity contribution in [3.05, 3.63) is 18.0 Å². The van der Waals surface area contributed by atoms with E-state index in [1.54, 1.807) is 10.7 Å². The second-order valence-electron chi connectivity index (χ2n) is 3.03. The minimum Gasteiger partial charge on any atom is -0.396 e. The summed E-state index contributed by atoms with van der Waals surface area (Å²) >= 11 is 0. The maximum absolute atomic E-state index is 9.47. The summed E-state index contributed by atoms with van der Waals surface area (Å²) in [7, 11) is 0. The molecule has 1 aromatic heterocycles. The van der Waals surface area contributed by atoms with Gasteiger partial charge in [0.25, 0.3) is 0 Å². The maximum Gasteiger partial charge on any atom is 0.1000 e. The van der Waals surface area contributed by atoms with Gasteiger partial charge in [-0.25, -0.2) is 0 Å². The third kappa shape index (κ3) is 2.82. The summed E-state index contributed by atoms with van der Waals surface area (Å²) in [6.45, 7) is 2.93. The highest BCUT2D eigenvalue weighted by Gasteiger charge is 2.09. The molecule has 0 aliphatic carbocycles. The highest BCUT2D eigenvalue weighted by molar-refractivity contribution is 5.02. The number of aromatic nitrogens is 2. The first kappa shape index (κ1) is 10.2. The van der Waals surface area contributed by atoms with Crippen molar-refractivity contribution in [3.63, 3.8) is 0 Å². The van der Waals surface area contributed by atoms with Crippen LogP contribution in [-0.2, 0) is 6.54 Å². The van der Waals surface area contributed by atoms with E-state index in [2.05, 4.69) is 12.0 Å². The average Bonchev–Trinajstić information content (AvgIpc) is 2.54. The zero-order chi connectivity index (χ0) is 9.68. The van der Waals surface area contributed by atoms with Gasteiger partial charge in [-0.15, -0.1) is 0 Å². The molecule has 0 saturated heterocycles. The first-order valence-corrected chi connectivity index (χ1v) is 4.60. The molecular formula is C9H16N2O2. The van der Waals surface area contributed by atoms with Gasteiger partial charge >= 0.3 is 0 Å². The number of nitrogens with zero attached hydrogens (tertiary/aromatic N) is 2. The topological polar surface area (TPSA) is 58.3 Å². The van der Waals surface area contributed by atoms with Crippen LogP contribution in [0.15, 0.2) is 12.3 Å². The van der Waals surface area contributed by atoms with Crippen molar-refractivity contribution >= 4 is 0 Å². The lowest BCUT2D eigenvalue weighted by Crippen LogP contribution is -2.03. The van der Waals surface area contributed by atoms with Crippen molar-refractivity contribution in [2.75, 3.05) is 6.61 Å². The molecule has 0 spiro atoms. The summed E-state index contributed by atoms with van der Waals surface area (Å²) in [5.41, 5.74) is 0.641. The molecular weight excluding hydrogens is 168 g/mol. The molecule has 0 saturated carbocycles. The van der Waals surface area contributed by atoms with Gasteiger partial charge in [0.05, 0.1) is 11.8 Å². The molecule has 2 N–H and O–H groups in total. The van der Waals surface area contributed by atoms with Crippen molar-refractivity contribution in [2.24, 2.45) is 0 Å². The van der Waals surface area contributed by atoms with Crippen LogP contribution in [0.1, 0.15) is 31.6 Å². The van der Waals surface area contributed by atoms with E-state index in [9.17, 15) is 5.11 Å². The van der Waals surface area contributed by atoms with E-state index in [-0.39, 0.29) is 6.61 Å². The number of rotatable bonds is 5. The molecule has 1 atom stereocenters. The summed E-state index contributed by atoms with van der Waals surface area (Å²) in [5.74, 6) is 0. The van der Waals surface area contributed by atoms with Gasteiger partial charge in [0.2, 0.25) is 0 Å². The van der Waals surface area contributed by atoms with Crippen LogP contribution in [-0.4, -0.2) is 26.6 Å². The number of aliphatic hydroxyl groups excluding tert-OH is 2. The Morgan fingerprint density at radius 1 is 1.62 bits per heavy atom. The fraction of sp³-hybridized carbons (Fsp3) is 0.667. The first-order chi connectivity index (χ1) is 6.27. The quantitative estimate of drug-likeness (QED) is 0.708. The molecule has 13 heavy (non-hydrogen) atoms. The van der Waals surface area contributed by atoms with E-state index >= 15 is 0 Å². The molecule has 1 unspecified atom stereocenters. The highest BCUT2D eigenvalue weighted by Crippen LogP contribution is 2.13. The first-order valence-electron chi connectivity index (χ1n) is 4.60. The van der Waals surface area contributed by atoms with Crippen LogP contribution in [0.2, 0.25) is 0 Å². The summed E-state index contributed by atoms with van der Waals surface area (Å²) in [6.07, 6.45) is 2.59. The van der Waals surface area contributed by atoms with Crippen LogP contribution in [0.5, 0.6) is 0 Å². The second kappa shape index (κ2) is 4.99. The molecule has 0 aliphatic rings. The lowest BCUT2D eigenvalue weighted by atomic mass is 10.2. The van der Waals surface area contributed by atoms with Crippen molar-refractivity contribution in [3.8, 4) is 0 Å². The number of hydrogen-bond donors (Lipinski definition) is 2. The minimum atomic E-state index is -0.636. The molecule has 0 fully saturated rings. The third-order valence-corrected chi connectivity index (χ3v) is 1.86. The van der Waals surface area contributed by atoms with Gasteiger partial charge in [0.15, 0.2) is 0 Å². The van der Waals surface area contributed by atoms with Crippen molar-refractivity contribution in [1.29, 1.82) is 0 Å². The van der Waals surface area contributed by atoms with Gasteiger partial charge in [-0.05, 0) is 12.5 Å². The smallest absolute Gasteiger partial charge is 0.1000 e. The summed E-state index contributed by atoms with van der Waals surface area (Å²) < 4.78 is 1.80. The summed E-state index contributed by atoms with van der Waals surface area (Å²) in [5, 5.41) is 22.3. The second-order valence-corrected chi connectivity index (χ2v) is 3.03. The van der Waals surface area contributed by atoms with Crippen LogP contribution in [0, 0.1) is 0 Å². The van der Waals surface area contributed by atoms with Gasteiger partial charge in [-0.1, -0.05) is 6.92 Å². The zero-order valence-electron chi connectivity index (χ0n) is 7.85. The Morgan fingerprint density at radius 2 is 2.38 bits per heavy atom. The van der Waals surface area contributed by atoms with Gasteiger partial charge in [-0.2, -0.15) is 5.10 Å². The average molecular weight is 184 g/mol. The van der Waals surface area contributed by atoms with Gasteiger partial charge < -0.3 is 10.2 Å². The molecule has 0 aromatic carbocycles. The normalized spacial score (nSPS) is 13.2. The Labute approximate surface area is 77.8 Å². The molecule has 0 bridgehead atoms. The predicted molar refractivity (Wildman–Crippen MR) is 49.2 cm³/mol. The maximum atomic E-state index is 9.47. The van der Waals surface area contributed by atoms with E-state index in [1.807, 2.05) is 6.20 Å². The van der Waals surface area contributed by atoms with Crippen LogP contribution >= 0.6 is 0 Å². The van der Waals surface area contributed by atoms with E-state index in [4.69, 9.17) is 5.11 Å². The minimum absolute atomic E-state index is 0.0121. The third-order valence-electron chi connectivity index (χ3n) is 1.86. The van der Waals surface area contributed by atoms with Crippen molar-refractivity contribution < 1.29 is 10.2 Å². The largest absolute Gasteiger partial charge is 0.396 e. The van der Waals surface area contributed by atoms with E-state index in [0.29, 0.717) is 12.1 Å². The monoisotopic (exact) mass is 184 g/mol. The molecule has 0 amide bonds. The Balaban J connectivity index is 2.56. The van der Waals surface area contributed by atoms with Crippen molar-refractivity contribution in [1.82, 2.24) is 9.78 Å². The Hall–Kier alpha value is -0.870. The lowest BCUT2D eigenvalue weighted by molar-refractivity contribution is 0.130. The van der Waals surface area contributed by atoms with Gasteiger partial charge in [0, 0.05) is 25.8 Å². The Bertz CT molecular complexity index is 248. The Morgan fingerprint density at radius 3 is 3.00 bits per heavy atom. The summed E-state index contributed by atoms with van der Waals surface area (Å²) in [4.78, 5) is 0.